The van der Waals surface area contributed by atoms with Crippen LogP contribution in [0.4, 0.5) is 5.69 Å². The van der Waals surface area contributed by atoms with Crippen LogP contribution in [0.5, 0.6) is 0 Å². The molecule has 5 heteroatoms. The van der Waals surface area contributed by atoms with Gasteiger partial charge in [0.2, 0.25) is 5.91 Å². The minimum atomic E-state index is -0.199. The van der Waals surface area contributed by atoms with Crippen molar-refractivity contribution in [1.29, 1.82) is 0 Å². The highest BCUT2D eigenvalue weighted by Crippen LogP contribution is 2.29. The molecule has 98 valence electrons. The average Bonchev–Trinajstić information content (AvgIpc) is 2.43. The molecule has 19 heavy (non-hydrogen) atoms. The summed E-state index contributed by atoms with van der Waals surface area (Å²) in [6.45, 7) is 0. The molecular formula is C14H11BrClNOS. The van der Waals surface area contributed by atoms with Crippen LogP contribution in [0.3, 0.4) is 0 Å². The van der Waals surface area contributed by atoms with E-state index in [4.69, 9.17) is 11.6 Å². The Balaban J connectivity index is 2.02. The summed E-state index contributed by atoms with van der Waals surface area (Å²) in [6, 6.07) is 15.8. The molecule has 1 amide bonds. The van der Waals surface area contributed by atoms with Crippen LogP contribution in [-0.4, -0.2) is 11.8 Å². The van der Waals surface area contributed by atoms with Gasteiger partial charge in [0.1, 0.15) is 5.88 Å². The van der Waals surface area contributed by atoms with Gasteiger partial charge in [-0.15, -0.1) is 11.6 Å². The Bertz CT molecular complexity index is 557. The van der Waals surface area contributed by atoms with Crippen molar-refractivity contribution in [2.24, 2.45) is 0 Å². The molecule has 0 aliphatic heterocycles. The molecule has 1 N–H and O–H groups in total. The lowest BCUT2D eigenvalue weighted by atomic mass is 10.3. The first-order valence-electron chi connectivity index (χ1n) is 5.56. The Labute approximate surface area is 129 Å². The van der Waals surface area contributed by atoms with E-state index in [1.807, 2.05) is 36.4 Å². The highest BCUT2D eigenvalue weighted by atomic mass is 79.9. The van der Waals surface area contributed by atoms with Gasteiger partial charge in [0.25, 0.3) is 0 Å². The number of hydrogen-bond donors (Lipinski definition) is 1. The normalized spacial score (nSPS) is 10.2. The van der Waals surface area contributed by atoms with Crippen molar-refractivity contribution in [1.82, 2.24) is 0 Å². The molecule has 0 radical (unpaired) electrons. The minimum absolute atomic E-state index is 0.0323. The van der Waals surface area contributed by atoms with E-state index in [1.165, 1.54) is 4.90 Å². The number of nitrogens with one attached hydrogen (secondary N) is 1. The summed E-state index contributed by atoms with van der Waals surface area (Å²) in [6.07, 6.45) is 0. The second kappa shape index (κ2) is 6.98. The zero-order valence-corrected chi connectivity index (χ0v) is 13.1. The van der Waals surface area contributed by atoms with Crippen LogP contribution in [-0.2, 0) is 4.79 Å². The molecular weight excluding hydrogens is 346 g/mol. The summed E-state index contributed by atoms with van der Waals surface area (Å²) in [5.74, 6) is -0.231. The van der Waals surface area contributed by atoms with E-state index < -0.39 is 0 Å². The lowest BCUT2D eigenvalue weighted by Gasteiger charge is -2.05. The van der Waals surface area contributed by atoms with Crippen molar-refractivity contribution in [3.8, 4) is 0 Å². The molecule has 0 fully saturated rings. The van der Waals surface area contributed by atoms with Gasteiger partial charge >= 0.3 is 0 Å². The second-order valence-corrected chi connectivity index (χ2v) is 6.09. The van der Waals surface area contributed by atoms with Crippen LogP contribution in [0.15, 0.2) is 62.8 Å². The molecule has 0 saturated heterocycles. The third-order valence-corrected chi connectivity index (χ3v) is 4.10. The van der Waals surface area contributed by atoms with Crippen molar-refractivity contribution in [2.75, 3.05) is 11.2 Å². The van der Waals surface area contributed by atoms with Crippen molar-refractivity contribution in [3.05, 3.63) is 53.0 Å². The maximum atomic E-state index is 11.1. The fourth-order valence-corrected chi connectivity index (χ4v) is 2.59. The van der Waals surface area contributed by atoms with Gasteiger partial charge in [-0.05, 0) is 48.5 Å². The zero-order valence-electron chi connectivity index (χ0n) is 9.90. The van der Waals surface area contributed by atoms with Gasteiger partial charge in [0.05, 0.1) is 0 Å². The van der Waals surface area contributed by atoms with E-state index in [2.05, 4.69) is 33.4 Å². The van der Waals surface area contributed by atoms with Crippen molar-refractivity contribution in [3.63, 3.8) is 0 Å². The molecule has 0 aromatic heterocycles. The molecule has 0 heterocycles. The van der Waals surface area contributed by atoms with Crippen molar-refractivity contribution >= 4 is 50.9 Å². The highest BCUT2D eigenvalue weighted by Gasteiger charge is 2.01. The molecule has 0 spiro atoms. The summed E-state index contributed by atoms with van der Waals surface area (Å²) < 4.78 is 1.07. The first-order valence-corrected chi connectivity index (χ1v) is 7.71. The number of benzene rings is 2. The van der Waals surface area contributed by atoms with Crippen LogP contribution in [0, 0.1) is 0 Å². The molecule has 0 aliphatic rings. The van der Waals surface area contributed by atoms with Gasteiger partial charge in [0.15, 0.2) is 0 Å². The number of anilines is 1. The fourth-order valence-electron chi connectivity index (χ4n) is 1.44. The second-order valence-electron chi connectivity index (χ2n) is 3.76. The third kappa shape index (κ3) is 4.56. The van der Waals surface area contributed by atoms with Gasteiger partial charge in [-0.3, -0.25) is 4.79 Å². The van der Waals surface area contributed by atoms with Gasteiger partial charge in [-0.25, -0.2) is 0 Å². The molecule has 0 atom stereocenters. The molecule has 2 rings (SSSR count). The SMILES string of the molecule is O=C(CCl)Nc1ccc(Sc2ccc(Br)cc2)cc1. The van der Waals surface area contributed by atoms with Crippen LogP contribution in [0.1, 0.15) is 0 Å². The Morgan fingerprint density at radius 3 is 2.11 bits per heavy atom. The molecule has 2 nitrogen and oxygen atoms in total. The van der Waals surface area contributed by atoms with E-state index in [1.54, 1.807) is 11.8 Å². The van der Waals surface area contributed by atoms with E-state index in [0.29, 0.717) is 0 Å². The zero-order chi connectivity index (χ0) is 13.7. The van der Waals surface area contributed by atoms with E-state index in [9.17, 15) is 4.79 Å². The fraction of sp³-hybridized carbons (Fsp3) is 0.0714. The Kier molecular flexibility index (Phi) is 5.31. The van der Waals surface area contributed by atoms with Gasteiger partial charge in [0, 0.05) is 20.0 Å². The first-order chi connectivity index (χ1) is 9.17. The van der Waals surface area contributed by atoms with E-state index in [-0.39, 0.29) is 11.8 Å². The molecule has 0 unspecified atom stereocenters. The number of rotatable bonds is 4. The van der Waals surface area contributed by atoms with Crippen LogP contribution < -0.4 is 5.32 Å². The Hall–Kier alpha value is -0.970. The standard InChI is InChI=1S/C14H11BrClNOS/c15-10-1-5-12(6-2-10)19-13-7-3-11(4-8-13)17-14(18)9-16/h1-8H,9H2,(H,17,18). The van der Waals surface area contributed by atoms with Gasteiger partial charge < -0.3 is 5.32 Å². The lowest BCUT2D eigenvalue weighted by molar-refractivity contribution is -0.113. The van der Waals surface area contributed by atoms with Crippen LogP contribution in [0.2, 0.25) is 0 Å². The molecule has 0 saturated carbocycles. The average molecular weight is 357 g/mol. The summed E-state index contributed by atoms with van der Waals surface area (Å²) in [7, 11) is 0. The first kappa shape index (κ1) is 14.4. The highest BCUT2D eigenvalue weighted by molar-refractivity contribution is 9.10. The van der Waals surface area contributed by atoms with E-state index in [0.717, 1.165) is 15.1 Å². The van der Waals surface area contributed by atoms with Gasteiger partial charge in [-0.2, -0.15) is 0 Å². The Morgan fingerprint density at radius 1 is 1.05 bits per heavy atom. The number of carbonyl (C=O) groups excluding carboxylic acids is 1. The van der Waals surface area contributed by atoms with E-state index >= 15 is 0 Å². The van der Waals surface area contributed by atoms with Crippen LogP contribution in [0.25, 0.3) is 0 Å². The number of halogens is 2. The third-order valence-electron chi connectivity index (χ3n) is 2.31. The summed E-state index contributed by atoms with van der Waals surface area (Å²) in [5.41, 5.74) is 0.755. The number of amides is 1. The maximum absolute atomic E-state index is 11.1. The summed E-state index contributed by atoms with van der Waals surface area (Å²) in [5, 5.41) is 2.70. The van der Waals surface area contributed by atoms with Crippen LogP contribution >= 0.6 is 39.3 Å². The molecule has 0 bridgehead atoms. The number of hydrogen-bond acceptors (Lipinski definition) is 2. The quantitative estimate of drug-likeness (QED) is 0.799. The molecule has 2 aromatic carbocycles. The van der Waals surface area contributed by atoms with Crippen molar-refractivity contribution in [2.45, 2.75) is 9.79 Å². The number of carbonyl (C=O) groups is 1. The Morgan fingerprint density at radius 2 is 1.58 bits per heavy atom. The largest absolute Gasteiger partial charge is 0.325 e. The topological polar surface area (TPSA) is 29.1 Å². The number of alkyl halides is 1. The predicted molar refractivity (Wildman–Crippen MR) is 84.1 cm³/mol. The summed E-state index contributed by atoms with van der Waals surface area (Å²) in [4.78, 5) is 13.4. The maximum Gasteiger partial charge on any atom is 0.239 e. The predicted octanol–water partition coefficient (Wildman–Crippen LogP) is 4.78. The van der Waals surface area contributed by atoms with Gasteiger partial charge in [-0.1, -0.05) is 27.7 Å². The minimum Gasteiger partial charge on any atom is -0.325 e. The molecule has 2 aromatic rings. The van der Waals surface area contributed by atoms with Crippen molar-refractivity contribution < 1.29 is 4.79 Å². The monoisotopic (exact) mass is 355 g/mol. The molecule has 0 aliphatic carbocycles. The smallest absolute Gasteiger partial charge is 0.239 e. The lowest BCUT2D eigenvalue weighted by Crippen LogP contribution is -2.12. The summed E-state index contributed by atoms with van der Waals surface area (Å²) >= 11 is 10.5.